The summed E-state index contributed by atoms with van der Waals surface area (Å²) in [5, 5.41) is 0. The van der Waals surface area contributed by atoms with Gasteiger partial charge in [0.2, 0.25) is 0 Å². The normalized spacial score (nSPS) is 0. The predicted octanol–water partition coefficient (Wildman–Crippen LogP) is -0.924. The fourth-order valence-electron chi connectivity index (χ4n) is 0. The van der Waals surface area contributed by atoms with Gasteiger partial charge in [0, 0.05) is 50.3 Å². The van der Waals surface area contributed by atoms with Crippen molar-refractivity contribution in [1.82, 2.24) is 0 Å². The minimum atomic E-state index is 0. The van der Waals surface area contributed by atoms with E-state index >= 15 is 0 Å². The van der Waals surface area contributed by atoms with E-state index in [-0.39, 0.29) is 74.2 Å². The van der Waals surface area contributed by atoms with Crippen LogP contribution in [-0.2, 0) is 50.3 Å². The molecule has 0 fully saturated rings. The third-order valence-electron chi connectivity index (χ3n) is 0. The Kier molecular flexibility index (Phi) is 153. The molecule has 0 nitrogen and oxygen atoms in total. The second-order valence-electron chi connectivity index (χ2n) is 0. The van der Waals surface area contributed by atoms with E-state index in [1.807, 2.05) is 0 Å². The first-order valence-electron chi connectivity index (χ1n) is 0. The molecule has 0 aromatic heterocycles. The van der Waals surface area contributed by atoms with Crippen LogP contribution in [0, 0.1) is 0 Å². The van der Waals surface area contributed by atoms with Crippen molar-refractivity contribution in [3.63, 3.8) is 0 Å². The molecule has 0 atom stereocenters. The fraction of sp³-hybridized carbons (Fsp3) is 0. The van der Waals surface area contributed by atoms with Crippen LogP contribution in [0.5, 0.6) is 0 Å². The standard InChI is InChI=1S/Co.Mn.Ni.Sn.2H. The summed E-state index contributed by atoms with van der Waals surface area (Å²) >= 11 is 0. The Labute approximate surface area is 73.4 Å². The van der Waals surface area contributed by atoms with Gasteiger partial charge in [0.05, 0.1) is 0 Å². The van der Waals surface area contributed by atoms with Crippen molar-refractivity contribution in [2.75, 3.05) is 0 Å². The number of hydrogen-bond donors (Lipinski definition) is 0. The first kappa shape index (κ1) is 33.3. The molecular formula is H2CoMnNiSn. The molecular weight excluding hydrogens is 291 g/mol. The predicted molar refractivity (Wildman–Crippen MR) is 8.54 cm³/mol. The molecule has 0 rings (SSSR count). The summed E-state index contributed by atoms with van der Waals surface area (Å²) in [5.74, 6) is 0. The van der Waals surface area contributed by atoms with Crippen LogP contribution < -0.4 is 0 Å². The molecule has 32 valence electrons. The molecule has 0 saturated carbocycles. The van der Waals surface area contributed by atoms with Crippen LogP contribution in [0.25, 0.3) is 0 Å². The van der Waals surface area contributed by atoms with Crippen LogP contribution in [0.4, 0.5) is 0 Å². The van der Waals surface area contributed by atoms with Crippen LogP contribution in [0.15, 0.2) is 0 Å². The molecule has 0 aromatic rings. The minimum absolute atomic E-state index is 0. The molecule has 4 heteroatoms. The van der Waals surface area contributed by atoms with Gasteiger partial charge in [-0.3, -0.25) is 0 Å². The molecule has 0 aromatic carbocycles. The van der Waals surface area contributed by atoms with E-state index in [0.29, 0.717) is 0 Å². The van der Waals surface area contributed by atoms with Crippen LogP contribution >= 0.6 is 0 Å². The summed E-state index contributed by atoms with van der Waals surface area (Å²) in [6, 6.07) is 0. The Morgan fingerprint density at radius 1 is 1.00 bits per heavy atom. The van der Waals surface area contributed by atoms with Crippen molar-refractivity contribution < 1.29 is 50.3 Å². The molecule has 4 heavy (non-hydrogen) atoms. The molecule has 4 radical (unpaired) electrons. The van der Waals surface area contributed by atoms with E-state index in [1.165, 1.54) is 0 Å². The van der Waals surface area contributed by atoms with E-state index in [4.69, 9.17) is 0 Å². The SMILES string of the molecule is [Co].[Mn].[Ni].[SnH2]. The van der Waals surface area contributed by atoms with Crippen molar-refractivity contribution >= 4 is 23.9 Å². The summed E-state index contributed by atoms with van der Waals surface area (Å²) in [6.07, 6.45) is 0. The maximum absolute atomic E-state index is 0. The van der Waals surface area contributed by atoms with Gasteiger partial charge in [0.25, 0.3) is 0 Å². The average Bonchev–Trinajstić information content (AvgIpc) is 0. The third kappa shape index (κ3) is 8.85. The third-order valence-corrected chi connectivity index (χ3v) is 0. The summed E-state index contributed by atoms with van der Waals surface area (Å²) < 4.78 is 0. The second-order valence-corrected chi connectivity index (χ2v) is 0. The van der Waals surface area contributed by atoms with E-state index in [2.05, 4.69) is 0 Å². The van der Waals surface area contributed by atoms with Gasteiger partial charge in [-0.2, -0.15) is 0 Å². The molecule has 0 spiro atoms. The van der Waals surface area contributed by atoms with Gasteiger partial charge in [-0.15, -0.1) is 0 Å². The Bertz CT molecular complexity index is 8.00. The average molecular weight is 293 g/mol. The van der Waals surface area contributed by atoms with Crippen LogP contribution in [0.1, 0.15) is 0 Å². The molecule has 0 N–H and O–H groups in total. The summed E-state index contributed by atoms with van der Waals surface area (Å²) in [4.78, 5) is 0. The Hall–Kier alpha value is 2.32. The van der Waals surface area contributed by atoms with E-state index in [9.17, 15) is 0 Å². The summed E-state index contributed by atoms with van der Waals surface area (Å²) in [5.41, 5.74) is 0. The molecule has 0 heterocycles. The van der Waals surface area contributed by atoms with Gasteiger partial charge in [-0.25, -0.2) is 0 Å². The first-order chi connectivity index (χ1) is 0. The molecule has 0 aliphatic carbocycles. The molecule has 0 amide bonds. The van der Waals surface area contributed by atoms with E-state index in [1.54, 1.807) is 0 Å². The zero-order chi connectivity index (χ0) is 0. The number of hydrogen-bond acceptors (Lipinski definition) is 0. The fourth-order valence-corrected chi connectivity index (χ4v) is 0. The van der Waals surface area contributed by atoms with Crippen LogP contribution in [0.2, 0.25) is 0 Å². The zero-order valence-corrected chi connectivity index (χ0v) is 8.98. The molecule has 0 unspecified atom stereocenters. The van der Waals surface area contributed by atoms with E-state index < -0.39 is 0 Å². The topological polar surface area (TPSA) is 0 Å². The Balaban J connectivity index is 0. The quantitative estimate of drug-likeness (QED) is 0.507. The van der Waals surface area contributed by atoms with Gasteiger partial charge < -0.3 is 0 Å². The zero-order valence-electron chi connectivity index (χ0n) is 1.73. The van der Waals surface area contributed by atoms with Crippen molar-refractivity contribution in [3.05, 3.63) is 0 Å². The molecule has 0 aliphatic rings. The van der Waals surface area contributed by atoms with Gasteiger partial charge in [-0.1, -0.05) is 0 Å². The van der Waals surface area contributed by atoms with Crippen molar-refractivity contribution in [1.29, 1.82) is 0 Å². The first-order valence-corrected chi connectivity index (χ1v) is 0. The van der Waals surface area contributed by atoms with Gasteiger partial charge >= 0.3 is 23.9 Å². The second kappa shape index (κ2) is 18.5. The summed E-state index contributed by atoms with van der Waals surface area (Å²) in [7, 11) is 0. The monoisotopic (exact) mass is 294 g/mol. The maximum atomic E-state index is 0. The Morgan fingerprint density at radius 3 is 1.00 bits per heavy atom. The Morgan fingerprint density at radius 2 is 1.00 bits per heavy atom. The van der Waals surface area contributed by atoms with Gasteiger partial charge in [0.15, 0.2) is 0 Å². The number of rotatable bonds is 0. The molecule has 0 aliphatic heterocycles. The van der Waals surface area contributed by atoms with E-state index in [0.717, 1.165) is 0 Å². The molecule has 0 saturated heterocycles. The van der Waals surface area contributed by atoms with Gasteiger partial charge in [-0.05, 0) is 0 Å². The summed E-state index contributed by atoms with van der Waals surface area (Å²) in [6.45, 7) is 0. The van der Waals surface area contributed by atoms with Crippen molar-refractivity contribution in [2.24, 2.45) is 0 Å². The van der Waals surface area contributed by atoms with Crippen LogP contribution in [0.3, 0.4) is 0 Å². The van der Waals surface area contributed by atoms with Gasteiger partial charge in [0.1, 0.15) is 0 Å². The van der Waals surface area contributed by atoms with Crippen molar-refractivity contribution in [2.45, 2.75) is 0 Å². The molecule has 0 bridgehead atoms. The van der Waals surface area contributed by atoms with Crippen LogP contribution in [-0.4, -0.2) is 23.9 Å². The van der Waals surface area contributed by atoms with Crippen molar-refractivity contribution in [3.8, 4) is 0 Å².